The van der Waals surface area contributed by atoms with Crippen LogP contribution in [0.25, 0.3) is 0 Å². The van der Waals surface area contributed by atoms with E-state index in [1.165, 1.54) is 19.3 Å². The Hall–Kier alpha value is -1.30. The fraction of sp³-hybridized carbons (Fsp3) is 0.882. The van der Waals surface area contributed by atoms with E-state index in [1.54, 1.807) is 0 Å². The molecule has 2 saturated heterocycles. The number of aliphatic imine (C=N–C) groups is 1. The fourth-order valence-corrected chi connectivity index (χ4v) is 3.92. The SMILES string of the molecule is CCNC(=NCCC(=O)NC1CCCC1)NC1CC2CCC1O2. The Morgan fingerprint density at radius 2 is 2.00 bits per heavy atom. The maximum Gasteiger partial charge on any atom is 0.222 e. The van der Waals surface area contributed by atoms with Crippen LogP contribution in [0.1, 0.15) is 58.3 Å². The molecular weight excluding hydrogens is 292 g/mol. The minimum atomic E-state index is 0.125. The first-order chi connectivity index (χ1) is 11.2. The molecule has 0 spiro atoms. The zero-order chi connectivity index (χ0) is 16.1. The average Bonchev–Trinajstić information content (AvgIpc) is 3.25. The number of fused-ring (bicyclic) bond motifs is 2. The minimum Gasteiger partial charge on any atom is -0.373 e. The average molecular weight is 322 g/mol. The molecule has 0 aromatic heterocycles. The molecule has 3 N–H and O–H groups in total. The first-order valence-corrected chi connectivity index (χ1v) is 9.24. The van der Waals surface area contributed by atoms with Crippen molar-refractivity contribution in [2.45, 2.75) is 82.6 Å². The molecule has 2 bridgehead atoms. The summed E-state index contributed by atoms with van der Waals surface area (Å²) in [5.74, 6) is 0.932. The van der Waals surface area contributed by atoms with Gasteiger partial charge in [-0.2, -0.15) is 0 Å². The third-order valence-corrected chi connectivity index (χ3v) is 5.10. The number of guanidine groups is 1. The highest BCUT2D eigenvalue weighted by Gasteiger charge is 2.41. The molecule has 2 heterocycles. The van der Waals surface area contributed by atoms with Gasteiger partial charge in [0.05, 0.1) is 24.8 Å². The molecule has 3 fully saturated rings. The molecule has 1 aliphatic carbocycles. The highest BCUT2D eigenvalue weighted by molar-refractivity contribution is 5.81. The van der Waals surface area contributed by atoms with Crippen LogP contribution >= 0.6 is 0 Å². The summed E-state index contributed by atoms with van der Waals surface area (Å²) in [5, 5.41) is 9.86. The van der Waals surface area contributed by atoms with Gasteiger partial charge in [0.2, 0.25) is 5.91 Å². The number of hydrogen-bond donors (Lipinski definition) is 3. The first-order valence-electron chi connectivity index (χ1n) is 9.24. The maximum atomic E-state index is 11.9. The van der Waals surface area contributed by atoms with Gasteiger partial charge in [0.15, 0.2) is 5.96 Å². The monoisotopic (exact) mass is 322 g/mol. The van der Waals surface area contributed by atoms with E-state index >= 15 is 0 Å². The lowest BCUT2D eigenvalue weighted by Crippen LogP contribution is -2.47. The van der Waals surface area contributed by atoms with Crippen molar-refractivity contribution in [3.63, 3.8) is 0 Å². The number of carbonyl (C=O) groups excluding carboxylic acids is 1. The second-order valence-electron chi connectivity index (χ2n) is 6.92. The zero-order valence-corrected chi connectivity index (χ0v) is 14.1. The Morgan fingerprint density at radius 1 is 1.17 bits per heavy atom. The van der Waals surface area contributed by atoms with Crippen molar-refractivity contribution in [1.29, 1.82) is 0 Å². The smallest absolute Gasteiger partial charge is 0.222 e. The van der Waals surface area contributed by atoms with Gasteiger partial charge in [-0.15, -0.1) is 0 Å². The summed E-state index contributed by atoms with van der Waals surface area (Å²) in [4.78, 5) is 16.5. The summed E-state index contributed by atoms with van der Waals surface area (Å²) in [6.45, 7) is 3.40. The Balaban J connectivity index is 1.41. The molecule has 3 atom stereocenters. The van der Waals surface area contributed by atoms with E-state index < -0.39 is 0 Å². The van der Waals surface area contributed by atoms with Crippen LogP contribution in [0, 0.1) is 0 Å². The van der Waals surface area contributed by atoms with Gasteiger partial charge >= 0.3 is 0 Å². The molecule has 1 saturated carbocycles. The molecule has 6 nitrogen and oxygen atoms in total. The van der Waals surface area contributed by atoms with E-state index in [0.29, 0.717) is 37.3 Å². The van der Waals surface area contributed by atoms with Crippen molar-refractivity contribution < 1.29 is 9.53 Å². The van der Waals surface area contributed by atoms with Crippen molar-refractivity contribution in [3.05, 3.63) is 0 Å². The molecule has 130 valence electrons. The number of carbonyl (C=O) groups is 1. The predicted octanol–water partition coefficient (Wildman–Crippen LogP) is 1.31. The van der Waals surface area contributed by atoms with Gasteiger partial charge in [-0.1, -0.05) is 12.8 Å². The lowest BCUT2D eigenvalue weighted by Gasteiger charge is -2.22. The highest BCUT2D eigenvalue weighted by Crippen LogP contribution is 2.34. The normalized spacial score (nSPS) is 30.7. The predicted molar refractivity (Wildman–Crippen MR) is 90.4 cm³/mol. The second kappa shape index (κ2) is 7.99. The Labute approximate surface area is 138 Å². The van der Waals surface area contributed by atoms with E-state index in [4.69, 9.17) is 4.74 Å². The van der Waals surface area contributed by atoms with Crippen LogP contribution in [0.3, 0.4) is 0 Å². The summed E-state index contributed by atoms with van der Waals surface area (Å²) in [5.41, 5.74) is 0. The molecule has 0 aromatic rings. The Kier molecular flexibility index (Phi) is 5.75. The number of nitrogens with one attached hydrogen (secondary N) is 3. The maximum absolute atomic E-state index is 11.9. The van der Waals surface area contributed by atoms with E-state index in [9.17, 15) is 4.79 Å². The summed E-state index contributed by atoms with van der Waals surface area (Å²) >= 11 is 0. The van der Waals surface area contributed by atoms with Gasteiger partial charge in [-0.3, -0.25) is 9.79 Å². The van der Waals surface area contributed by atoms with Crippen LogP contribution in [0.15, 0.2) is 4.99 Å². The summed E-state index contributed by atoms with van der Waals surface area (Å²) in [6, 6.07) is 0.753. The van der Waals surface area contributed by atoms with Crippen LogP contribution in [0.5, 0.6) is 0 Å². The minimum absolute atomic E-state index is 0.125. The lowest BCUT2D eigenvalue weighted by molar-refractivity contribution is -0.121. The molecule has 1 amide bonds. The topological polar surface area (TPSA) is 74.8 Å². The number of nitrogens with zero attached hydrogens (tertiary/aromatic N) is 1. The third kappa shape index (κ3) is 4.59. The molecular formula is C17H30N4O2. The molecule has 3 rings (SSSR count). The van der Waals surface area contributed by atoms with Crippen LogP contribution in [0.2, 0.25) is 0 Å². The molecule has 6 heteroatoms. The van der Waals surface area contributed by atoms with Gasteiger partial charge in [0.25, 0.3) is 0 Å². The number of amides is 1. The van der Waals surface area contributed by atoms with Crippen molar-refractivity contribution in [2.75, 3.05) is 13.1 Å². The highest BCUT2D eigenvalue weighted by atomic mass is 16.5. The summed E-state index contributed by atoms with van der Waals surface area (Å²) in [7, 11) is 0. The molecule has 2 aliphatic heterocycles. The fourth-order valence-electron chi connectivity index (χ4n) is 3.92. The van der Waals surface area contributed by atoms with Gasteiger partial charge in [0.1, 0.15) is 0 Å². The quantitative estimate of drug-likeness (QED) is 0.509. The van der Waals surface area contributed by atoms with Gasteiger partial charge in [-0.25, -0.2) is 0 Å². The zero-order valence-electron chi connectivity index (χ0n) is 14.1. The second-order valence-corrected chi connectivity index (χ2v) is 6.92. The number of ether oxygens (including phenoxy) is 1. The standard InChI is InChI=1S/C17H30N4O2/c1-2-18-17(21-14-11-13-7-8-15(14)23-13)19-10-9-16(22)20-12-5-3-4-6-12/h12-15H,2-11H2,1H3,(H,20,22)(H2,18,19,21). The first kappa shape index (κ1) is 16.6. The van der Waals surface area contributed by atoms with Gasteiger partial charge in [-0.05, 0) is 39.0 Å². The number of rotatable bonds is 6. The van der Waals surface area contributed by atoms with Crippen molar-refractivity contribution in [2.24, 2.45) is 4.99 Å². The van der Waals surface area contributed by atoms with E-state index in [2.05, 4.69) is 27.9 Å². The molecule has 3 unspecified atom stereocenters. The van der Waals surface area contributed by atoms with E-state index in [0.717, 1.165) is 38.2 Å². The number of hydrogen-bond acceptors (Lipinski definition) is 3. The summed E-state index contributed by atoms with van der Waals surface area (Å²) < 4.78 is 5.87. The lowest BCUT2D eigenvalue weighted by atomic mass is 9.96. The van der Waals surface area contributed by atoms with Crippen LogP contribution < -0.4 is 16.0 Å². The molecule has 3 aliphatic rings. The third-order valence-electron chi connectivity index (χ3n) is 5.10. The molecule has 0 aromatic carbocycles. The Bertz CT molecular complexity index is 434. The van der Waals surface area contributed by atoms with Crippen LogP contribution in [-0.2, 0) is 9.53 Å². The van der Waals surface area contributed by atoms with Gasteiger partial charge in [0, 0.05) is 19.0 Å². The van der Waals surface area contributed by atoms with Crippen LogP contribution in [0.4, 0.5) is 0 Å². The largest absolute Gasteiger partial charge is 0.373 e. The van der Waals surface area contributed by atoms with Gasteiger partial charge < -0.3 is 20.7 Å². The summed E-state index contributed by atoms with van der Waals surface area (Å²) in [6.07, 6.45) is 9.35. The van der Waals surface area contributed by atoms with E-state index in [-0.39, 0.29) is 5.91 Å². The van der Waals surface area contributed by atoms with Crippen molar-refractivity contribution in [3.8, 4) is 0 Å². The van der Waals surface area contributed by atoms with E-state index in [1.807, 2.05) is 0 Å². The molecule has 0 radical (unpaired) electrons. The molecule has 23 heavy (non-hydrogen) atoms. The van der Waals surface area contributed by atoms with Crippen molar-refractivity contribution >= 4 is 11.9 Å². The van der Waals surface area contributed by atoms with Crippen molar-refractivity contribution in [1.82, 2.24) is 16.0 Å². The van der Waals surface area contributed by atoms with Crippen LogP contribution in [-0.4, -0.2) is 49.2 Å². The Morgan fingerprint density at radius 3 is 2.65 bits per heavy atom.